The normalized spacial score (nSPS) is 9.81. The fourth-order valence-corrected chi connectivity index (χ4v) is 1.49. The van der Waals surface area contributed by atoms with Crippen LogP contribution in [0, 0.1) is 0 Å². The molecule has 0 bridgehead atoms. The summed E-state index contributed by atoms with van der Waals surface area (Å²) in [7, 11) is 0. The quantitative estimate of drug-likeness (QED) is 0.542. The van der Waals surface area contributed by atoms with E-state index in [0.717, 1.165) is 18.4 Å². The van der Waals surface area contributed by atoms with Crippen LogP contribution in [-0.4, -0.2) is 23.6 Å². The van der Waals surface area contributed by atoms with E-state index < -0.39 is 5.91 Å². The molecule has 0 radical (unpaired) electrons. The van der Waals surface area contributed by atoms with Crippen LogP contribution in [0.15, 0.2) is 30.3 Å². The van der Waals surface area contributed by atoms with Crippen LogP contribution in [-0.2, 0) is 16.1 Å². The zero-order valence-corrected chi connectivity index (χ0v) is 9.56. The molecule has 16 heavy (non-hydrogen) atoms. The lowest BCUT2D eigenvalue weighted by Crippen LogP contribution is -2.32. The molecule has 0 aliphatic carbocycles. The number of nitrogens with zero attached hydrogens (tertiary/aromatic N) is 1. The van der Waals surface area contributed by atoms with Gasteiger partial charge in [0.25, 0.3) is 5.91 Å². The van der Waals surface area contributed by atoms with Gasteiger partial charge in [-0.25, -0.2) is 0 Å². The molecular weight excluding hydrogens is 202 g/mol. The van der Waals surface area contributed by atoms with Gasteiger partial charge in [0.1, 0.15) is 0 Å². The summed E-state index contributed by atoms with van der Waals surface area (Å²) in [5.41, 5.74) is 1.05. The number of carbonyl (C=O) groups excluding carboxylic acids is 2. The molecular formula is C13H17NO2. The zero-order valence-electron chi connectivity index (χ0n) is 9.56. The maximum atomic E-state index is 11.4. The van der Waals surface area contributed by atoms with Crippen molar-refractivity contribution in [3.8, 4) is 0 Å². The van der Waals surface area contributed by atoms with Crippen LogP contribution in [0.2, 0.25) is 0 Å². The number of rotatable bonds is 6. The Hall–Kier alpha value is -1.64. The average Bonchev–Trinajstić information content (AvgIpc) is 2.34. The third kappa shape index (κ3) is 3.85. The Morgan fingerprint density at radius 2 is 2.00 bits per heavy atom. The van der Waals surface area contributed by atoms with Crippen molar-refractivity contribution in [2.24, 2.45) is 0 Å². The largest absolute Gasteiger partial charge is 0.332 e. The van der Waals surface area contributed by atoms with E-state index >= 15 is 0 Å². The topological polar surface area (TPSA) is 37.4 Å². The number of unbranched alkanes of at least 4 members (excludes halogenated alkanes) is 1. The van der Waals surface area contributed by atoms with E-state index in [-0.39, 0.29) is 0 Å². The Bertz CT molecular complexity index is 335. The van der Waals surface area contributed by atoms with Gasteiger partial charge in [0.2, 0.25) is 6.29 Å². The average molecular weight is 219 g/mol. The first-order valence-electron chi connectivity index (χ1n) is 5.56. The highest BCUT2D eigenvalue weighted by molar-refractivity contribution is 6.23. The van der Waals surface area contributed by atoms with Gasteiger partial charge in [-0.15, -0.1) is 0 Å². The van der Waals surface area contributed by atoms with Crippen molar-refractivity contribution < 1.29 is 9.59 Å². The standard InChI is InChI=1S/C13H17NO2/c1-2-3-9-14(13(16)11-15)10-12-7-5-4-6-8-12/h4-8,11H,2-3,9-10H2,1H3. The number of benzene rings is 1. The lowest BCUT2D eigenvalue weighted by atomic mass is 10.2. The van der Waals surface area contributed by atoms with Crippen molar-refractivity contribution in [2.75, 3.05) is 6.54 Å². The van der Waals surface area contributed by atoms with Crippen LogP contribution in [0.4, 0.5) is 0 Å². The van der Waals surface area contributed by atoms with Crippen LogP contribution >= 0.6 is 0 Å². The Kier molecular flexibility index (Phi) is 5.26. The second-order valence-electron chi connectivity index (χ2n) is 3.72. The van der Waals surface area contributed by atoms with E-state index in [1.807, 2.05) is 30.3 Å². The molecule has 1 amide bonds. The third-order valence-electron chi connectivity index (χ3n) is 2.41. The van der Waals surface area contributed by atoms with Crippen molar-refractivity contribution in [3.63, 3.8) is 0 Å². The summed E-state index contributed by atoms with van der Waals surface area (Å²) in [5.74, 6) is -0.433. The lowest BCUT2D eigenvalue weighted by molar-refractivity contribution is -0.139. The Balaban J connectivity index is 2.63. The highest BCUT2D eigenvalue weighted by Gasteiger charge is 2.11. The Morgan fingerprint density at radius 3 is 2.56 bits per heavy atom. The summed E-state index contributed by atoms with van der Waals surface area (Å²) in [6.45, 7) is 3.22. The van der Waals surface area contributed by atoms with E-state index in [0.29, 0.717) is 19.4 Å². The van der Waals surface area contributed by atoms with Crippen molar-refractivity contribution in [3.05, 3.63) is 35.9 Å². The number of hydrogen-bond acceptors (Lipinski definition) is 2. The van der Waals surface area contributed by atoms with Gasteiger partial charge in [-0.3, -0.25) is 9.59 Å². The van der Waals surface area contributed by atoms with E-state index in [2.05, 4.69) is 6.92 Å². The summed E-state index contributed by atoms with van der Waals surface area (Å²) in [5, 5.41) is 0. The predicted molar refractivity (Wildman–Crippen MR) is 62.8 cm³/mol. The highest BCUT2D eigenvalue weighted by atomic mass is 16.2. The second-order valence-corrected chi connectivity index (χ2v) is 3.72. The van der Waals surface area contributed by atoms with Gasteiger partial charge in [0.05, 0.1) is 0 Å². The minimum Gasteiger partial charge on any atom is -0.332 e. The van der Waals surface area contributed by atoms with Crippen LogP contribution in [0.5, 0.6) is 0 Å². The number of carbonyl (C=O) groups is 2. The summed E-state index contributed by atoms with van der Waals surface area (Å²) < 4.78 is 0. The van der Waals surface area contributed by atoms with Gasteiger partial charge in [-0.05, 0) is 12.0 Å². The fourth-order valence-electron chi connectivity index (χ4n) is 1.49. The SMILES string of the molecule is CCCCN(Cc1ccccc1)C(=O)C=O. The van der Waals surface area contributed by atoms with Crippen molar-refractivity contribution in [1.29, 1.82) is 0 Å². The monoisotopic (exact) mass is 219 g/mol. The van der Waals surface area contributed by atoms with E-state index in [9.17, 15) is 9.59 Å². The molecule has 0 spiro atoms. The van der Waals surface area contributed by atoms with E-state index in [4.69, 9.17) is 0 Å². The van der Waals surface area contributed by atoms with E-state index in [1.54, 1.807) is 4.90 Å². The smallest absolute Gasteiger partial charge is 0.286 e. The molecule has 0 heterocycles. The Labute approximate surface area is 96.1 Å². The molecule has 3 heteroatoms. The molecule has 1 rings (SSSR count). The molecule has 0 saturated carbocycles. The molecule has 1 aromatic rings. The third-order valence-corrected chi connectivity index (χ3v) is 2.41. The minimum absolute atomic E-state index is 0.387. The lowest BCUT2D eigenvalue weighted by Gasteiger charge is -2.19. The molecule has 3 nitrogen and oxygen atoms in total. The molecule has 1 aromatic carbocycles. The van der Waals surface area contributed by atoms with Gasteiger partial charge >= 0.3 is 0 Å². The summed E-state index contributed by atoms with van der Waals surface area (Å²) in [6.07, 6.45) is 2.32. The van der Waals surface area contributed by atoms with Gasteiger partial charge in [0, 0.05) is 13.1 Å². The molecule has 0 fully saturated rings. The maximum absolute atomic E-state index is 11.4. The van der Waals surface area contributed by atoms with Crippen LogP contribution in [0.25, 0.3) is 0 Å². The fraction of sp³-hybridized carbons (Fsp3) is 0.385. The van der Waals surface area contributed by atoms with E-state index in [1.165, 1.54) is 0 Å². The van der Waals surface area contributed by atoms with Crippen molar-refractivity contribution in [2.45, 2.75) is 26.3 Å². The summed E-state index contributed by atoms with van der Waals surface area (Å²) in [4.78, 5) is 23.5. The molecule has 0 aliphatic rings. The highest BCUT2D eigenvalue weighted by Crippen LogP contribution is 2.05. The van der Waals surface area contributed by atoms with Gasteiger partial charge in [0.15, 0.2) is 0 Å². The molecule has 0 aromatic heterocycles. The van der Waals surface area contributed by atoms with Gasteiger partial charge < -0.3 is 4.90 Å². The first-order chi connectivity index (χ1) is 7.77. The maximum Gasteiger partial charge on any atom is 0.286 e. The molecule has 0 N–H and O–H groups in total. The number of amides is 1. The van der Waals surface area contributed by atoms with Crippen molar-refractivity contribution in [1.82, 2.24) is 4.90 Å². The number of hydrogen-bond donors (Lipinski definition) is 0. The Morgan fingerprint density at radius 1 is 1.31 bits per heavy atom. The molecule has 0 aliphatic heterocycles. The van der Waals surface area contributed by atoms with Gasteiger partial charge in [-0.1, -0.05) is 43.7 Å². The molecule has 0 unspecified atom stereocenters. The predicted octanol–water partition coefficient (Wildman–Crippen LogP) is 2.01. The molecule has 0 atom stereocenters. The summed E-state index contributed by atoms with van der Waals surface area (Å²) in [6, 6.07) is 9.70. The molecule has 86 valence electrons. The first kappa shape index (κ1) is 12.4. The van der Waals surface area contributed by atoms with Crippen molar-refractivity contribution >= 4 is 12.2 Å². The molecule has 0 saturated heterocycles. The first-order valence-corrected chi connectivity index (χ1v) is 5.56. The van der Waals surface area contributed by atoms with Gasteiger partial charge in [-0.2, -0.15) is 0 Å². The minimum atomic E-state index is -0.433. The second kappa shape index (κ2) is 6.77. The van der Waals surface area contributed by atoms with Crippen LogP contribution in [0.1, 0.15) is 25.3 Å². The summed E-state index contributed by atoms with van der Waals surface area (Å²) >= 11 is 0. The zero-order chi connectivity index (χ0) is 11.8. The van der Waals surface area contributed by atoms with Crippen LogP contribution < -0.4 is 0 Å². The van der Waals surface area contributed by atoms with Crippen LogP contribution in [0.3, 0.4) is 0 Å². The number of aldehydes is 1.